The van der Waals surface area contributed by atoms with Crippen LogP contribution in [0, 0.1) is 0 Å². The molecule has 17 heavy (non-hydrogen) atoms. The standard InChI is InChI=1S/C12H21NO4/c1-6-10(16-9(2)14)7-8-13-11(15)17-12(3,4)5/h6,10H,1,7-8H2,2-5H3,(H,13,15). The Hall–Kier alpha value is -1.52. The van der Waals surface area contributed by atoms with E-state index in [2.05, 4.69) is 11.9 Å². The van der Waals surface area contributed by atoms with E-state index >= 15 is 0 Å². The van der Waals surface area contributed by atoms with Crippen molar-refractivity contribution in [1.82, 2.24) is 5.32 Å². The minimum atomic E-state index is -0.516. The fraction of sp³-hybridized carbons (Fsp3) is 0.667. The summed E-state index contributed by atoms with van der Waals surface area (Å²) >= 11 is 0. The van der Waals surface area contributed by atoms with Crippen LogP contribution in [0.15, 0.2) is 12.7 Å². The summed E-state index contributed by atoms with van der Waals surface area (Å²) in [5.74, 6) is -0.368. The predicted molar refractivity (Wildman–Crippen MR) is 64.6 cm³/mol. The van der Waals surface area contributed by atoms with Gasteiger partial charge in [-0.2, -0.15) is 0 Å². The van der Waals surface area contributed by atoms with Crippen molar-refractivity contribution in [3.63, 3.8) is 0 Å². The Labute approximate surface area is 102 Å². The minimum Gasteiger partial charge on any atom is -0.458 e. The van der Waals surface area contributed by atoms with Crippen molar-refractivity contribution in [1.29, 1.82) is 0 Å². The third-order valence-electron chi connectivity index (χ3n) is 1.68. The van der Waals surface area contributed by atoms with Gasteiger partial charge in [-0.25, -0.2) is 4.79 Å². The monoisotopic (exact) mass is 243 g/mol. The summed E-state index contributed by atoms with van der Waals surface area (Å²) in [5, 5.41) is 2.58. The van der Waals surface area contributed by atoms with Crippen LogP contribution in [0.3, 0.4) is 0 Å². The highest BCUT2D eigenvalue weighted by atomic mass is 16.6. The van der Waals surface area contributed by atoms with Gasteiger partial charge in [0.1, 0.15) is 11.7 Å². The molecule has 1 atom stereocenters. The van der Waals surface area contributed by atoms with E-state index in [-0.39, 0.29) is 12.1 Å². The number of carbonyl (C=O) groups is 2. The van der Waals surface area contributed by atoms with Crippen LogP contribution in [0.2, 0.25) is 0 Å². The summed E-state index contributed by atoms with van der Waals surface area (Å²) in [6.07, 6.45) is 1.13. The molecule has 98 valence electrons. The highest BCUT2D eigenvalue weighted by Crippen LogP contribution is 2.06. The van der Waals surface area contributed by atoms with Crippen molar-refractivity contribution < 1.29 is 19.1 Å². The van der Waals surface area contributed by atoms with Gasteiger partial charge in [-0.1, -0.05) is 12.7 Å². The smallest absolute Gasteiger partial charge is 0.407 e. The molecule has 0 saturated heterocycles. The molecule has 0 aromatic rings. The fourth-order valence-electron chi connectivity index (χ4n) is 1.07. The molecule has 0 saturated carbocycles. The van der Waals surface area contributed by atoms with Crippen molar-refractivity contribution >= 4 is 12.1 Å². The van der Waals surface area contributed by atoms with Gasteiger partial charge in [-0.05, 0) is 20.8 Å². The van der Waals surface area contributed by atoms with Crippen LogP contribution in [0.4, 0.5) is 4.79 Å². The third kappa shape index (κ3) is 9.41. The Balaban J connectivity index is 3.85. The Morgan fingerprint density at radius 2 is 2.00 bits per heavy atom. The maximum atomic E-state index is 11.3. The van der Waals surface area contributed by atoms with Gasteiger partial charge in [0.15, 0.2) is 0 Å². The first kappa shape index (κ1) is 15.5. The van der Waals surface area contributed by atoms with Crippen LogP contribution in [-0.4, -0.2) is 30.3 Å². The zero-order valence-electron chi connectivity index (χ0n) is 10.9. The highest BCUT2D eigenvalue weighted by Gasteiger charge is 2.16. The van der Waals surface area contributed by atoms with E-state index in [0.29, 0.717) is 13.0 Å². The summed E-state index contributed by atoms with van der Waals surface area (Å²) in [5.41, 5.74) is -0.516. The zero-order chi connectivity index (χ0) is 13.5. The molecule has 0 spiro atoms. The number of esters is 1. The molecule has 1 unspecified atom stereocenters. The van der Waals surface area contributed by atoms with Crippen LogP contribution in [0.5, 0.6) is 0 Å². The molecule has 0 bridgehead atoms. The van der Waals surface area contributed by atoms with Gasteiger partial charge in [-0.3, -0.25) is 4.79 Å². The summed E-state index contributed by atoms with van der Waals surface area (Å²) < 4.78 is 9.98. The lowest BCUT2D eigenvalue weighted by Gasteiger charge is -2.20. The molecule has 5 nitrogen and oxygen atoms in total. The van der Waals surface area contributed by atoms with Crippen molar-refractivity contribution in [2.45, 2.75) is 45.8 Å². The number of carbonyl (C=O) groups excluding carboxylic acids is 2. The summed E-state index contributed by atoms with van der Waals surface area (Å²) in [6, 6.07) is 0. The molecule has 0 aliphatic carbocycles. The topological polar surface area (TPSA) is 64.6 Å². The predicted octanol–water partition coefficient (Wildman–Crippen LogP) is 2.02. The molecule has 0 fully saturated rings. The first-order chi connectivity index (χ1) is 7.74. The second kappa shape index (κ2) is 6.93. The second-order valence-electron chi connectivity index (χ2n) is 4.60. The average Bonchev–Trinajstić information content (AvgIpc) is 2.12. The van der Waals surface area contributed by atoms with Gasteiger partial charge in [0.25, 0.3) is 0 Å². The van der Waals surface area contributed by atoms with E-state index in [1.54, 1.807) is 20.8 Å². The Morgan fingerprint density at radius 3 is 2.41 bits per heavy atom. The molecule has 0 aliphatic heterocycles. The molecule has 0 aromatic heterocycles. The lowest BCUT2D eigenvalue weighted by atomic mass is 10.2. The largest absolute Gasteiger partial charge is 0.458 e. The quantitative estimate of drug-likeness (QED) is 0.592. The van der Waals surface area contributed by atoms with Crippen LogP contribution in [0.25, 0.3) is 0 Å². The summed E-state index contributed by atoms with van der Waals surface area (Å²) in [7, 11) is 0. The normalized spacial score (nSPS) is 12.5. The maximum absolute atomic E-state index is 11.3. The average molecular weight is 243 g/mol. The van der Waals surface area contributed by atoms with E-state index in [1.807, 2.05) is 0 Å². The number of ether oxygens (including phenoxy) is 2. The second-order valence-corrected chi connectivity index (χ2v) is 4.60. The number of hydrogen-bond acceptors (Lipinski definition) is 4. The molecule has 0 radical (unpaired) electrons. The number of amides is 1. The molecular formula is C12H21NO4. The number of nitrogens with one attached hydrogen (secondary N) is 1. The van der Waals surface area contributed by atoms with E-state index < -0.39 is 11.7 Å². The van der Waals surface area contributed by atoms with E-state index in [9.17, 15) is 9.59 Å². The number of alkyl carbamates (subject to hydrolysis) is 1. The van der Waals surface area contributed by atoms with Crippen molar-refractivity contribution in [2.75, 3.05) is 6.54 Å². The van der Waals surface area contributed by atoms with Gasteiger partial charge < -0.3 is 14.8 Å². The van der Waals surface area contributed by atoms with E-state index in [1.165, 1.54) is 13.0 Å². The van der Waals surface area contributed by atoms with E-state index in [0.717, 1.165) is 0 Å². The van der Waals surface area contributed by atoms with Gasteiger partial charge in [0.2, 0.25) is 0 Å². The van der Waals surface area contributed by atoms with E-state index in [4.69, 9.17) is 9.47 Å². The molecule has 5 heteroatoms. The van der Waals surface area contributed by atoms with Crippen LogP contribution in [-0.2, 0) is 14.3 Å². The third-order valence-corrected chi connectivity index (χ3v) is 1.68. The lowest BCUT2D eigenvalue weighted by molar-refractivity contribution is -0.144. The number of hydrogen-bond donors (Lipinski definition) is 1. The Morgan fingerprint density at radius 1 is 1.41 bits per heavy atom. The van der Waals surface area contributed by atoms with Crippen LogP contribution >= 0.6 is 0 Å². The van der Waals surface area contributed by atoms with Crippen LogP contribution < -0.4 is 5.32 Å². The van der Waals surface area contributed by atoms with Gasteiger partial charge in [-0.15, -0.1) is 0 Å². The van der Waals surface area contributed by atoms with Gasteiger partial charge in [0, 0.05) is 19.9 Å². The first-order valence-corrected chi connectivity index (χ1v) is 5.51. The van der Waals surface area contributed by atoms with Gasteiger partial charge >= 0.3 is 12.1 Å². The highest BCUT2D eigenvalue weighted by molar-refractivity contribution is 5.67. The molecule has 1 N–H and O–H groups in total. The fourth-order valence-corrected chi connectivity index (χ4v) is 1.07. The van der Waals surface area contributed by atoms with Crippen molar-refractivity contribution in [3.05, 3.63) is 12.7 Å². The zero-order valence-corrected chi connectivity index (χ0v) is 10.9. The first-order valence-electron chi connectivity index (χ1n) is 5.51. The molecular weight excluding hydrogens is 222 g/mol. The molecule has 0 heterocycles. The Kier molecular flexibility index (Phi) is 6.31. The Bertz CT molecular complexity index is 281. The summed E-state index contributed by atoms with van der Waals surface area (Å²) in [4.78, 5) is 22.0. The maximum Gasteiger partial charge on any atom is 0.407 e. The summed E-state index contributed by atoms with van der Waals surface area (Å²) in [6.45, 7) is 10.6. The molecule has 1 amide bonds. The van der Waals surface area contributed by atoms with Crippen molar-refractivity contribution in [2.24, 2.45) is 0 Å². The molecule has 0 aromatic carbocycles. The lowest BCUT2D eigenvalue weighted by Crippen LogP contribution is -2.34. The number of rotatable bonds is 5. The molecule has 0 aliphatic rings. The minimum absolute atomic E-state index is 0.360. The molecule has 0 rings (SSSR count). The SMILES string of the molecule is C=CC(CCNC(=O)OC(C)(C)C)OC(C)=O. The van der Waals surface area contributed by atoms with Crippen LogP contribution in [0.1, 0.15) is 34.1 Å². The van der Waals surface area contributed by atoms with Crippen molar-refractivity contribution in [3.8, 4) is 0 Å². The van der Waals surface area contributed by atoms with Gasteiger partial charge in [0.05, 0.1) is 0 Å².